The Morgan fingerprint density at radius 1 is 1.31 bits per heavy atom. The molecule has 0 fully saturated rings. The van der Waals surface area contributed by atoms with E-state index in [1.807, 2.05) is 24.3 Å². The van der Waals surface area contributed by atoms with Crippen molar-refractivity contribution < 1.29 is 18.3 Å². The summed E-state index contributed by atoms with van der Waals surface area (Å²) >= 11 is 0. The Balaban J connectivity index is 2.49. The second-order valence-electron chi connectivity index (χ2n) is 3.39. The standard InChI is InChI=1S/C11H13O4P/c1-8-9-6-4-5-7-10(9)11(15-8)16(12,13-2)14-3/h4-7,11H,1H2,2-3H3. The predicted molar refractivity (Wildman–Crippen MR) is 60.9 cm³/mol. The largest absolute Gasteiger partial charge is 0.473 e. The monoisotopic (exact) mass is 240 g/mol. The molecule has 1 atom stereocenters. The summed E-state index contributed by atoms with van der Waals surface area (Å²) in [5.41, 5.74) is 1.64. The van der Waals surface area contributed by atoms with Gasteiger partial charge >= 0.3 is 7.60 Å². The minimum absolute atomic E-state index is 0.495. The van der Waals surface area contributed by atoms with Gasteiger partial charge in [0.1, 0.15) is 5.76 Å². The molecule has 0 bridgehead atoms. The molecule has 16 heavy (non-hydrogen) atoms. The van der Waals surface area contributed by atoms with E-state index in [9.17, 15) is 4.57 Å². The van der Waals surface area contributed by atoms with Gasteiger partial charge in [-0.2, -0.15) is 0 Å². The fourth-order valence-corrected chi connectivity index (χ4v) is 3.08. The van der Waals surface area contributed by atoms with Crippen LogP contribution in [-0.4, -0.2) is 14.2 Å². The zero-order chi connectivity index (χ0) is 11.8. The first-order valence-corrected chi connectivity index (χ1v) is 6.39. The van der Waals surface area contributed by atoms with Gasteiger partial charge in [0, 0.05) is 25.3 Å². The van der Waals surface area contributed by atoms with Gasteiger partial charge in [0.15, 0.2) is 0 Å². The van der Waals surface area contributed by atoms with Crippen LogP contribution in [0.5, 0.6) is 0 Å². The lowest BCUT2D eigenvalue weighted by Crippen LogP contribution is -2.01. The molecule has 86 valence electrons. The maximum Gasteiger partial charge on any atom is 0.374 e. The van der Waals surface area contributed by atoms with Gasteiger partial charge in [-0.05, 0) is 0 Å². The molecule has 1 unspecified atom stereocenters. The van der Waals surface area contributed by atoms with Crippen molar-refractivity contribution >= 4 is 13.4 Å². The highest BCUT2D eigenvalue weighted by Crippen LogP contribution is 2.64. The van der Waals surface area contributed by atoms with Crippen molar-refractivity contribution in [1.82, 2.24) is 0 Å². The summed E-state index contributed by atoms with van der Waals surface area (Å²) in [5.74, 6) is -0.221. The Kier molecular flexibility index (Phi) is 2.89. The van der Waals surface area contributed by atoms with Gasteiger partial charge in [-0.3, -0.25) is 4.57 Å². The third-order valence-electron chi connectivity index (χ3n) is 2.58. The second kappa shape index (κ2) is 4.06. The van der Waals surface area contributed by atoms with E-state index in [1.54, 1.807) is 0 Å². The molecule has 0 saturated heterocycles. The predicted octanol–water partition coefficient (Wildman–Crippen LogP) is 3.17. The molecule has 0 aromatic heterocycles. The Labute approximate surface area is 94.4 Å². The fraction of sp³-hybridized carbons (Fsp3) is 0.273. The van der Waals surface area contributed by atoms with Crippen LogP contribution in [0, 0.1) is 0 Å². The van der Waals surface area contributed by atoms with Crippen LogP contribution in [0.3, 0.4) is 0 Å². The van der Waals surface area contributed by atoms with Gasteiger partial charge in [-0.15, -0.1) is 0 Å². The lowest BCUT2D eigenvalue weighted by Gasteiger charge is -2.20. The van der Waals surface area contributed by atoms with Crippen molar-refractivity contribution in [1.29, 1.82) is 0 Å². The number of benzene rings is 1. The van der Waals surface area contributed by atoms with Gasteiger partial charge < -0.3 is 13.8 Å². The molecule has 0 N–H and O–H groups in total. The molecule has 2 rings (SSSR count). The minimum Gasteiger partial charge on any atom is -0.473 e. The van der Waals surface area contributed by atoms with Gasteiger partial charge in [-0.25, -0.2) is 0 Å². The highest BCUT2D eigenvalue weighted by Gasteiger charge is 2.43. The number of rotatable bonds is 3. The maximum atomic E-state index is 12.3. The zero-order valence-electron chi connectivity index (χ0n) is 9.17. The highest BCUT2D eigenvalue weighted by molar-refractivity contribution is 7.54. The second-order valence-corrected chi connectivity index (χ2v) is 5.66. The van der Waals surface area contributed by atoms with Crippen molar-refractivity contribution in [3.05, 3.63) is 42.0 Å². The molecule has 0 spiro atoms. The Hall–Kier alpha value is -1.09. The summed E-state index contributed by atoms with van der Waals surface area (Å²) in [4.78, 5) is 0. The van der Waals surface area contributed by atoms with E-state index in [4.69, 9.17) is 13.8 Å². The summed E-state index contributed by atoms with van der Waals surface area (Å²) in [6, 6.07) is 7.43. The average molecular weight is 240 g/mol. The van der Waals surface area contributed by atoms with Crippen LogP contribution in [0.2, 0.25) is 0 Å². The average Bonchev–Trinajstić information content (AvgIpc) is 2.67. The normalized spacial score (nSPS) is 19.4. The molecule has 0 amide bonds. The molecule has 0 saturated carbocycles. The molecule has 1 heterocycles. The number of ether oxygens (including phenoxy) is 1. The van der Waals surface area contributed by atoms with E-state index < -0.39 is 13.4 Å². The lowest BCUT2D eigenvalue weighted by atomic mass is 10.1. The van der Waals surface area contributed by atoms with Crippen molar-refractivity contribution in [2.75, 3.05) is 14.2 Å². The van der Waals surface area contributed by atoms with Crippen LogP contribution in [0.25, 0.3) is 5.76 Å². The van der Waals surface area contributed by atoms with E-state index in [2.05, 4.69) is 6.58 Å². The summed E-state index contributed by atoms with van der Waals surface area (Å²) in [7, 11) is -0.592. The summed E-state index contributed by atoms with van der Waals surface area (Å²) < 4.78 is 27.6. The van der Waals surface area contributed by atoms with Crippen molar-refractivity contribution in [3.8, 4) is 0 Å². The van der Waals surface area contributed by atoms with E-state index in [1.165, 1.54) is 14.2 Å². The first-order chi connectivity index (χ1) is 7.62. The van der Waals surface area contributed by atoms with Gasteiger partial charge in [-0.1, -0.05) is 30.8 Å². The zero-order valence-corrected chi connectivity index (χ0v) is 10.1. The summed E-state index contributed by atoms with van der Waals surface area (Å²) in [6.07, 6.45) is 0. The van der Waals surface area contributed by atoms with E-state index in [-0.39, 0.29) is 0 Å². The topological polar surface area (TPSA) is 44.8 Å². The first kappa shape index (κ1) is 11.4. The molecule has 1 aliphatic heterocycles. The quantitative estimate of drug-likeness (QED) is 0.761. The number of hydrogen-bond donors (Lipinski definition) is 0. The fourth-order valence-electron chi connectivity index (χ4n) is 1.73. The molecule has 1 aromatic carbocycles. The van der Waals surface area contributed by atoms with E-state index in [0.717, 1.165) is 11.1 Å². The molecule has 4 nitrogen and oxygen atoms in total. The van der Waals surface area contributed by atoms with Crippen molar-refractivity contribution in [2.24, 2.45) is 0 Å². The third kappa shape index (κ3) is 1.59. The maximum absolute atomic E-state index is 12.3. The summed E-state index contributed by atoms with van der Waals surface area (Å²) in [6.45, 7) is 3.77. The van der Waals surface area contributed by atoms with Crippen LogP contribution >= 0.6 is 7.60 Å². The van der Waals surface area contributed by atoms with Crippen molar-refractivity contribution in [3.63, 3.8) is 0 Å². The first-order valence-electron chi connectivity index (χ1n) is 4.78. The SMILES string of the molecule is C=C1OC(P(=O)(OC)OC)c2ccccc21. The summed E-state index contributed by atoms with van der Waals surface area (Å²) in [5, 5.41) is 0. The smallest absolute Gasteiger partial charge is 0.374 e. The van der Waals surface area contributed by atoms with Gasteiger partial charge in [0.2, 0.25) is 5.85 Å². The molecule has 0 aliphatic carbocycles. The molecule has 5 heteroatoms. The number of hydrogen-bond acceptors (Lipinski definition) is 4. The molecule has 1 aliphatic rings. The number of fused-ring (bicyclic) bond motifs is 1. The van der Waals surface area contributed by atoms with Crippen molar-refractivity contribution in [2.45, 2.75) is 5.85 Å². The highest BCUT2D eigenvalue weighted by atomic mass is 31.2. The van der Waals surface area contributed by atoms with Crippen LogP contribution in [0.1, 0.15) is 17.0 Å². The lowest BCUT2D eigenvalue weighted by molar-refractivity contribution is 0.182. The van der Waals surface area contributed by atoms with Gasteiger partial charge in [0.25, 0.3) is 0 Å². The van der Waals surface area contributed by atoms with Gasteiger partial charge in [0.05, 0.1) is 0 Å². The van der Waals surface area contributed by atoms with E-state index >= 15 is 0 Å². The Bertz CT molecular complexity index is 461. The van der Waals surface area contributed by atoms with Crippen LogP contribution in [0.4, 0.5) is 0 Å². The molecular weight excluding hydrogens is 227 g/mol. The molecule has 0 radical (unpaired) electrons. The molecular formula is C11H13O4P. The van der Waals surface area contributed by atoms with E-state index in [0.29, 0.717) is 5.76 Å². The Morgan fingerprint density at radius 3 is 2.56 bits per heavy atom. The molecule has 1 aromatic rings. The van der Waals surface area contributed by atoms with Crippen LogP contribution in [0.15, 0.2) is 30.8 Å². The minimum atomic E-state index is -3.28. The van der Waals surface area contributed by atoms with Crippen LogP contribution < -0.4 is 0 Å². The van der Waals surface area contributed by atoms with Crippen LogP contribution in [-0.2, 0) is 18.3 Å². The third-order valence-corrected chi connectivity index (χ3v) is 4.55. The Morgan fingerprint density at radius 2 is 1.94 bits per heavy atom.